The number of hydrogen-bond donors (Lipinski definition) is 0. The third-order valence-electron chi connectivity index (χ3n) is 2.37. The van der Waals surface area contributed by atoms with Gasteiger partial charge in [-0.25, -0.2) is 17.4 Å². The first kappa shape index (κ1) is 12.1. The summed E-state index contributed by atoms with van der Waals surface area (Å²) in [4.78, 5) is 4.21. The lowest BCUT2D eigenvalue weighted by Crippen LogP contribution is -2.14. The smallest absolute Gasteiger partial charge is 0.241 e. The number of aromatic nitrogens is 2. The van der Waals surface area contributed by atoms with Crippen LogP contribution in [0.2, 0.25) is 5.02 Å². The molecule has 0 aliphatic carbocycles. The van der Waals surface area contributed by atoms with Crippen LogP contribution in [-0.4, -0.2) is 17.4 Å². The fourth-order valence-corrected chi connectivity index (χ4v) is 3.01. The first-order valence-corrected chi connectivity index (χ1v) is 6.91. The van der Waals surface area contributed by atoms with Crippen LogP contribution in [0.4, 0.5) is 0 Å². The molecular formula is C11H11ClN2O2S. The van der Waals surface area contributed by atoms with Crippen molar-refractivity contribution in [1.29, 1.82) is 0 Å². The van der Waals surface area contributed by atoms with Crippen molar-refractivity contribution in [2.24, 2.45) is 0 Å². The van der Waals surface area contributed by atoms with E-state index in [9.17, 15) is 8.42 Å². The van der Waals surface area contributed by atoms with Gasteiger partial charge in [0, 0.05) is 23.8 Å². The monoisotopic (exact) mass is 270 g/mol. The van der Waals surface area contributed by atoms with Crippen molar-refractivity contribution in [2.45, 2.75) is 18.2 Å². The summed E-state index contributed by atoms with van der Waals surface area (Å²) in [7, 11) is -3.56. The molecule has 1 aromatic heterocycles. The van der Waals surface area contributed by atoms with E-state index in [1.165, 1.54) is 28.5 Å². The van der Waals surface area contributed by atoms with E-state index in [0.717, 1.165) is 0 Å². The first-order chi connectivity index (χ1) is 8.05. The van der Waals surface area contributed by atoms with E-state index < -0.39 is 10.0 Å². The second-order valence-electron chi connectivity index (χ2n) is 3.45. The number of rotatable bonds is 3. The summed E-state index contributed by atoms with van der Waals surface area (Å²) in [6, 6.07) is 6.07. The van der Waals surface area contributed by atoms with Crippen LogP contribution in [0, 0.1) is 0 Å². The van der Waals surface area contributed by atoms with Gasteiger partial charge in [-0.3, -0.25) is 0 Å². The Morgan fingerprint density at radius 3 is 2.53 bits per heavy atom. The van der Waals surface area contributed by atoms with Crippen molar-refractivity contribution >= 4 is 21.6 Å². The second-order valence-corrected chi connectivity index (χ2v) is 5.70. The Labute approximate surface area is 105 Å². The van der Waals surface area contributed by atoms with Gasteiger partial charge in [-0.05, 0) is 24.3 Å². The lowest BCUT2D eigenvalue weighted by Gasteiger charge is -2.08. The number of halogens is 1. The molecule has 0 spiro atoms. The van der Waals surface area contributed by atoms with Crippen molar-refractivity contribution in [3.05, 3.63) is 47.5 Å². The zero-order chi connectivity index (χ0) is 12.5. The van der Waals surface area contributed by atoms with E-state index in [-0.39, 0.29) is 4.90 Å². The standard InChI is InChI=1S/C11H11ClN2O2S/c1-2-11-13-7-8-14(11)17(15,16)10-5-3-9(12)4-6-10/h3-8H,2H2,1H3. The molecule has 0 N–H and O–H groups in total. The molecule has 0 fully saturated rings. The van der Waals surface area contributed by atoms with Gasteiger partial charge in [0.15, 0.2) is 0 Å². The van der Waals surface area contributed by atoms with E-state index in [2.05, 4.69) is 4.98 Å². The zero-order valence-corrected chi connectivity index (χ0v) is 10.7. The highest BCUT2D eigenvalue weighted by molar-refractivity contribution is 7.90. The molecule has 0 amide bonds. The summed E-state index contributed by atoms with van der Waals surface area (Å²) in [5, 5.41) is 0.505. The number of aryl methyl sites for hydroxylation is 1. The van der Waals surface area contributed by atoms with Crippen LogP contribution in [0.1, 0.15) is 12.7 Å². The quantitative estimate of drug-likeness (QED) is 0.860. The maximum absolute atomic E-state index is 12.3. The van der Waals surface area contributed by atoms with Gasteiger partial charge in [0.2, 0.25) is 0 Å². The minimum Gasteiger partial charge on any atom is -0.241 e. The number of nitrogens with zero attached hydrogens (tertiary/aromatic N) is 2. The molecule has 90 valence electrons. The Bertz CT molecular complexity index is 617. The predicted octanol–water partition coefficient (Wildman–Crippen LogP) is 2.34. The number of imidazole rings is 1. The van der Waals surface area contributed by atoms with Crippen molar-refractivity contribution in [3.63, 3.8) is 0 Å². The van der Waals surface area contributed by atoms with E-state index in [0.29, 0.717) is 17.3 Å². The second kappa shape index (κ2) is 4.50. The molecule has 1 aromatic carbocycles. The maximum Gasteiger partial charge on any atom is 0.269 e. The summed E-state index contributed by atoms with van der Waals surface area (Å²) < 4.78 is 25.7. The van der Waals surface area contributed by atoms with E-state index in [1.807, 2.05) is 6.92 Å². The molecular weight excluding hydrogens is 260 g/mol. The summed E-state index contributed by atoms with van der Waals surface area (Å²) in [6.45, 7) is 1.86. The largest absolute Gasteiger partial charge is 0.269 e. The van der Waals surface area contributed by atoms with Crippen LogP contribution in [0.25, 0.3) is 0 Å². The fourth-order valence-electron chi connectivity index (χ4n) is 1.51. The summed E-state index contributed by atoms with van der Waals surface area (Å²) in [6.07, 6.45) is 3.48. The number of hydrogen-bond acceptors (Lipinski definition) is 3. The molecule has 0 aliphatic rings. The molecule has 0 saturated carbocycles. The molecule has 0 atom stereocenters. The molecule has 17 heavy (non-hydrogen) atoms. The van der Waals surface area contributed by atoms with Gasteiger partial charge in [-0.1, -0.05) is 18.5 Å². The summed E-state index contributed by atoms with van der Waals surface area (Å²) >= 11 is 5.73. The topological polar surface area (TPSA) is 52.0 Å². The average Bonchev–Trinajstić information content (AvgIpc) is 2.78. The van der Waals surface area contributed by atoms with Crippen LogP contribution < -0.4 is 0 Å². The van der Waals surface area contributed by atoms with E-state index in [4.69, 9.17) is 11.6 Å². The van der Waals surface area contributed by atoms with Crippen molar-refractivity contribution in [1.82, 2.24) is 8.96 Å². The Balaban J connectivity index is 2.54. The fraction of sp³-hybridized carbons (Fsp3) is 0.182. The van der Waals surface area contributed by atoms with Crippen molar-refractivity contribution in [3.8, 4) is 0 Å². The highest BCUT2D eigenvalue weighted by Gasteiger charge is 2.18. The molecule has 2 rings (SSSR count). The van der Waals surface area contributed by atoms with Crippen LogP contribution >= 0.6 is 11.6 Å². The normalized spacial score (nSPS) is 11.6. The van der Waals surface area contributed by atoms with Crippen molar-refractivity contribution < 1.29 is 8.42 Å². The van der Waals surface area contributed by atoms with Crippen LogP contribution in [0.5, 0.6) is 0 Å². The molecule has 0 radical (unpaired) electrons. The van der Waals surface area contributed by atoms with Crippen LogP contribution in [0.3, 0.4) is 0 Å². The van der Waals surface area contributed by atoms with Crippen LogP contribution in [-0.2, 0) is 16.4 Å². The lowest BCUT2D eigenvalue weighted by atomic mass is 10.4. The van der Waals surface area contributed by atoms with E-state index in [1.54, 1.807) is 12.1 Å². The van der Waals surface area contributed by atoms with Crippen LogP contribution in [0.15, 0.2) is 41.6 Å². The zero-order valence-electron chi connectivity index (χ0n) is 9.17. The Morgan fingerprint density at radius 2 is 1.94 bits per heavy atom. The van der Waals surface area contributed by atoms with Gasteiger partial charge >= 0.3 is 0 Å². The molecule has 0 bridgehead atoms. The van der Waals surface area contributed by atoms with Gasteiger partial charge in [-0.2, -0.15) is 0 Å². The molecule has 0 unspecified atom stereocenters. The third-order valence-corrected chi connectivity index (χ3v) is 4.34. The van der Waals surface area contributed by atoms with Gasteiger partial charge in [-0.15, -0.1) is 0 Å². The minimum atomic E-state index is -3.56. The third kappa shape index (κ3) is 2.21. The molecule has 6 heteroatoms. The Morgan fingerprint density at radius 1 is 1.29 bits per heavy atom. The first-order valence-electron chi connectivity index (χ1n) is 5.09. The summed E-state index contributed by atoms with van der Waals surface area (Å²) in [5.74, 6) is 0.514. The predicted molar refractivity (Wildman–Crippen MR) is 65.6 cm³/mol. The maximum atomic E-state index is 12.3. The Hall–Kier alpha value is -1.33. The van der Waals surface area contributed by atoms with Gasteiger partial charge in [0.25, 0.3) is 10.0 Å². The minimum absolute atomic E-state index is 0.203. The molecule has 0 aliphatic heterocycles. The highest BCUT2D eigenvalue weighted by atomic mass is 35.5. The summed E-state index contributed by atoms with van der Waals surface area (Å²) in [5.41, 5.74) is 0. The van der Waals surface area contributed by atoms with Gasteiger partial charge in [0.1, 0.15) is 5.82 Å². The van der Waals surface area contributed by atoms with Gasteiger partial charge in [0.05, 0.1) is 4.90 Å². The molecule has 4 nitrogen and oxygen atoms in total. The average molecular weight is 271 g/mol. The number of benzene rings is 1. The van der Waals surface area contributed by atoms with E-state index >= 15 is 0 Å². The Kier molecular flexibility index (Phi) is 3.22. The highest BCUT2D eigenvalue weighted by Crippen LogP contribution is 2.18. The van der Waals surface area contributed by atoms with Crippen molar-refractivity contribution in [2.75, 3.05) is 0 Å². The molecule has 1 heterocycles. The lowest BCUT2D eigenvalue weighted by molar-refractivity contribution is 0.584. The van der Waals surface area contributed by atoms with Gasteiger partial charge < -0.3 is 0 Å². The SMILES string of the molecule is CCc1nccn1S(=O)(=O)c1ccc(Cl)cc1. The molecule has 0 saturated heterocycles. The molecule has 2 aromatic rings.